The van der Waals surface area contributed by atoms with Crippen LogP contribution in [0.25, 0.3) is 0 Å². The fraction of sp³-hybridized carbons (Fsp3) is 0.538. The molecule has 1 fully saturated rings. The second kappa shape index (κ2) is 8.08. The predicted octanol–water partition coefficient (Wildman–Crippen LogP) is 3.35. The van der Waals surface area contributed by atoms with Gasteiger partial charge in [-0.2, -0.15) is 0 Å². The SMILES string of the molecule is Cl.FCC[C@H](c1c(F)ccc(F)c1Cl)N1CCNCC1. The minimum absolute atomic E-state index is 0. The number of benzene rings is 1. The second-order valence-electron chi connectivity index (χ2n) is 4.54. The Labute approximate surface area is 127 Å². The Bertz CT molecular complexity index is 440. The van der Waals surface area contributed by atoms with Crippen LogP contribution in [0.2, 0.25) is 5.02 Å². The molecule has 0 unspecified atom stereocenters. The third-order valence-electron chi connectivity index (χ3n) is 3.39. The van der Waals surface area contributed by atoms with Crippen molar-refractivity contribution in [3.8, 4) is 0 Å². The standard InChI is InChI=1S/C13H16ClF3N2.ClH/c14-13-10(17)2-1-9(16)12(13)11(3-4-15)19-7-5-18-6-8-19;/h1-2,11,18H,3-8H2;1H/t11-;/m1./s1. The van der Waals surface area contributed by atoms with E-state index in [0.717, 1.165) is 25.2 Å². The molecule has 20 heavy (non-hydrogen) atoms. The highest BCUT2D eigenvalue weighted by atomic mass is 35.5. The Balaban J connectivity index is 0.00000200. The highest BCUT2D eigenvalue weighted by Gasteiger charge is 2.27. The smallest absolute Gasteiger partial charge is 0.142 e. The summed E-state index contributed by atoms with van der Waals surface area (Å²) in [5.74, 6) is -1.25. The molecule has 1 N–H and O–H groups in total. The Morgan fingerprint density at radius 2 is 1.80 bits per heavy atom. The highest BCUT2D eigenvalue weighted by Crippen LogP contribution is 2.34. The lowest BCUT2D eigenvalue weighted by molar-refractivity contribution is 0.154. The zero-order chi connectivity index (χ0) is 13.8. The van der Waals surface area contributed by atoms with Gasteiger partial charge in [0.25, 0.3) is 0 Å². The maximum Gasteiger partial charge on any atom is 0.142 e. The molecule has 0 aromatic heterocycles. The van der Waals surface area contributed by atoms with Gasteiger partial charge in [-0.25, -0.2) is 8.78 Å². The van der Waals surface area contributed by atoms with Crippen LogP contribution in [0.15, 0.2) is 12.1 Å². The van der Waals surface area contributed by atoms with Crippen molar-refractivity contribution < 1.29 is 13.2 Å². The fourth-order valence-electron chi connectivity index (χ4n) is 2.45. The van der Waals surface area contributed by atoms with Gasteiger partial charge in [-0.05, 0) is 18.6 Å². The minimum Gasteiger partial charge on any atom is -0.314 e. The lowest BCUT2D eigenvalue weighted by Crippen LogP contribution is -2.45. The van der Waals surface area contributed by atoms with Crippen molar-refractivity contribution in [2.75, 3.05) is 32.9 Å². The van der Waals surface area contributed by atoms with E-state index >= 15 is 0 Å². The first-order valence-corrected chi connectivity index (χ1v) is 6.67. The molecule has 0 bridgehead atoms. The second-order valence-corrected chi connectivity index (χ2v) is 4.91. The largest absolute Gasteiger partial charge is 0.314 e. The van der Waals surface area contributed by atoms with E-state index in [1.807, 2.05) is 4.90 Å². The van der Waals surface area contributed by atoms with Gasteiger partial charge in [0.05, 0.1) is 11.7 Å². The summed E-state index contributed by atoms with van der Waals surface area (Å²) >= 11 is 5.87. The van der Waals surface area contributed by atoms with Gasteiger partial charge < -0.3 is 5.32 Å². The van der Waals surface area contributed by atoms with Gasteiger partial charge in [0.2, 0.25) is 0 Å². The van der Waals surface area contributed by atoms with Crippen LogP contribution in [0.5, 0.6) is 0 Å². The number of nitrogens with zero attached hydrogens (tertiary/aromatic N) is 1. The maximum absolute atomic E-state index is 13.9. The van der Waals surface area contributed by atoms with Crippen LogP contribution in [0, 0.1) is 11.6 Å². The average Bonchev–Trinajstić information content (AvgIpc) is 2.43. The van der Waals surface area contributed by atoms with E-state index in [-0.39, 0.29) is 29.4 Å². The number of piperazine rings is 1. The van der Waals surface area contributed by atoms with E-state index in [4.69, 9.17) is 11.6 Å². The Hall–Kier alpha value is -0.490. The molecule has 0 saturated carbocycles. The van der Waals surface area contributed by atoms with Crippen molar-refractivity contribution in [1.29, 1.82) is 0 Å². The Kier molecular flexibility index (Phi) is 7.09. The zero-order valence-electron chi connectivity index (χ0n) is 10.8. The number of nitrogens with one attached hydrogen (secondary N) is 1. The first-order chi connectivity index (χ1) is 9.15. The van der Waals surface area contributed by atoms with E-state index in [2.05, 4.69) is 5.32 Å². The van der Waals surface area contributed by atoms with Gasteiger partial charge in [-0.3, -0.25) is 9.29 Å². The summed E-state index contributed by atoms with van der Waals surface area (Å²) in [5.41, 5.74) is 0.0706. The Morgan fingerprint density at radius 1 is 1.20 bits per heavy atom. The molecule has 1 atom stereocenters. The van der Waals surface area contributed by atoms with E-state index < -0.39 is 24.4 Å². The summed E-state index contributed by atoms with van der Waals surface area (Å²) in [7, 11) is 0. The molecule has 2 nitrogen and oxygen atoms in total. The van der Waals surface area contributed by atoms with Crippen LogP contribution in [0.3, 0.4) is 0 Å². The first-order valence-electron chi connectivity index (χ1n) is 6.29. The molecule has 0 spiro atoms. The molecule has 0 aliphatic carbocycles. The zero-order valence-corrected chi connectivity index (χ0v) is 12.4. The van der Waals surface area contributed by atoms with Gasteiger partial charge in [-0.15, -0.1) is 12.4 Å². The lowest BCUT2D eigenvalue weighted by Gasteiger charge is -2.35. The third-order valence-corrected chi connectivity index (χ3v) is 3.77. The van der Waals surface area contributed by atoms with Gasteiger partial charge in [0, 0.05) is 37.8 Å². The van der Waals surface area contributed by atoms with Gasteiger partial charge in [-0.1, -0.05) is 11.6 Å². The summed E-state index contributed by atoms with van der Waals surface area (Å²) in [6.07, 6.45) is 0.111. The lowest BCUT2D eigenvalue weighted by atomic mass is 10.0. The predicted molar refractivity (Wildman–Crippen MR) is 76.4 cm³/mol. The molecule has 114 valence electrons. The van der Waals surface area contributed by atoms with E-state index in [0.29, 0.717) is 13.1 Å². The molecular weight excluding hydrogens is 312 g/mol. The molecule has 1 aliphatic heterocycles. The van der Waals surface area contributed by atoms with Crippen LogP contribution >= 0.6 is 24.0 Å². The topological polar surface area (TPSA) is 15.3 Å². The fourth-order valence-corrected chi connectivity index (χ4v) is 2.73. The number of hydrogen-bond acceptors (Lipinski definition) is 2. The normalized spacial score (nSPS) is 17.6. The molecule has 7 heteroatoms. The summed E-state index contributed by atoms with van der Waals surface area (Å²) in [5, 5.41) is 2.93. The van der Waals surface area contributed by atoms with Gasteiger partial charge in [0.1, 0.15) is 11.6 Å². The van der Waals surface area contributed by atoms with E-state index in [1.54, 1.807) is 0 Å². The first kappa shape index (κ1) is 17.6. The van der Waals surface area contributed by atoms with Crippen LogP contribution < -0.4 is 5.32 Å². The summed E-state index contributed by atoms with van der Waals surface area (Å²) in [6.45, 7) is 2.23. The molecule has 1 aromatic carbocycles. The van der Waals surface area contributed by atoms with Crippen molar-refractivity contribution in [2.24, 2.45) is 0 Å². The van der Waals surface area contributed by atoms with Crippen LogP contribution in [0.1, 0.15) is 18.0 Å². The summed E-state index contributed by atoms with van der Waals surface area (Å²) in [4.78, 5) is 1.94. The maximum atomic E-state index is 13.9. The molecule has 1 aliphatic rings. The molecular formula is C13H17Cl2F3N2. The number of alkyl halides is 1. The average molecular weight is 329 g/mol. The number of halogens is 5. The summed E-state index contributed by atoms with van der Waals surface area (Å²) in [6, 6.07) is 1.52. The van der Waals surface area contributed by atoms with E-state index in [1.165, 1.54) is 0 Å². The summed E-state index contributed by atoms with van der Waals surface area (Å²) < 4.78 is 40.2. The van der Waals surface area contributed by atoms with Crippen molar-refractivity contribution in [3.05, 3.63) is 34.4 Å². The quantitative estimate of drug-likeness (QED) is 0.853. The van der Waals surface area contributed by atoms with Crippen LogP contribution in [-0.4, -0.2) is 37.8 Å². The van der Waals surface area contributed by atoms with Crippen molar-refractivity contribution in [3.63, 3.8) is 0 Å². The van der Waals surface area contributed by atoms with Crippen LogP contribution in [-0.2, 0) is 0 Å². The monoisotopic (exact) mass is 328 g/mol. The molecule has 0 radical (unpaired) electrons. The van der Waals surface area contributed by atoms with Crippen molar-refractivity contribution >= 4 is 24.0 Å². The molecule has 1 heterocycles. The number of rotatable bonds is 4. The third kappa shape index (κ3) is 3.79. The molecule has 0 amide bonds. The van der Waals surface area contributed by atoms with Crippen molar-refractivity contribution in [2.45, 2.75) is 12.5 Å². The molecule has 1 saturated heterocycles. The van der Waals surface area contributed by atoms with E-state index in [9.17, 15) is 13.2 Å². The molecule has 1 aromatic rings. The minimum atomic E-state index is -0.669. The van der Waals surface area contributed by atoms with Gasteiger partial charge >= 0.3 is 0 Å². The highest BCUT2D eigenvalue weighted by molar-refractivity contribution is 6.31. The Morgan fingerprint density at radius 3 is 2.40 bits per heavy atom. The van der Waals surface area contributed by atoms with Crippen molar-refractivity contribution in [1.82, 2.24) is 10.2 Å². The van der Waals surface area contributed by atoms with Gasteiger partial charge in [0.15, 0.2) is 0 Å². The molecule has 2 rings (SSSR count). The number of hydrogen-bond donors (Lipinski definition) is 1. The van der Waals surface area contributed by atoms with Crippen LogP contribution in [0.4, 0.5) is 13.2 Å².